The monoisotopic (exact) mass is 868 g/mol. The number of furan rings is 1. The third-order valence-corrected chi connectivity index (χ3v) is 13.4. The molecular weight excluding hydrogens is 829 g/mol. The van der Waals surface area contributed by atoms with Crippen LogP contribution in [0.15, 0.2) is 247 Å². The summed E-state index contributed by atoms with van der Waals surface area (Å²) in [4.78, 5) is 21.9. The highest BCUT2D eigenvalue weighted by molar-refractivity contribution is 6.07. The van der Waals surface area contributed by atoms with E-state index >= 15 is 0 Å². The largest absolute Gasteiger partial charge is 0.452 e. The number of fused-ring (bicyclic) bond motifs is 6. The van der Waals surface area contributed by atoms with E-state index in [4.69, 9.17) is 24.4 Å². The van der Waals surface area contributed by atoms with E-state index in [1.54, 1.807) is 0 Å². The molecule has 0 N–H and O–H groups in total. The molecule has 0 amide bonds. The summed E-state index contributed by atoms with van der Waals surface area (Å²) >= 11 is 0. The molecule has 9 aromatic carbocycles. The van der Waals surface area contributed by atoms with Crippen molar-refractivity contribution in [3.05, 3.63) is 265 Å². The minimum Gasteiger partial charge on any atom is -0.452 e. The fraction of sp³-hybridized carbons (Fsp3) is 0.0159. The van der Waals surface area contributed by atoms with Gasteiger partial charge in [-0.1, -0.05) is 206 Å². The first kappa shape index (κ1) is 39.3. The van der Waals surface area contributed by atoms with Gasteiger partial charge in [0.2, 0.25) is 0 Å². The van der Waals surface area contributed by atoms with Crippen LogP contribution in [0.3, 0.4) is 0 Å². The van der Waals surface area contributed by atoms with E-state index < -0.39 is 5.41 Å². The summed E-state index contributed by atoms with van der Waals surface area (Å²) in [5.74, 6) is 1.19. The second kappa shape index (κ2) is 16.1. The van der Waals surface area contributed by atoms with E-state index in [1.165, 1.54) is 22.3 Å². The van der Waals surface area contributed by atoms with Gasteiger partial charge in [0.05, 0.1) is 16.8 Å². The van der Waals surface area contributed by atoms with Crippen molar-refractivity contribution in [2.45, 2.75) is 5.41 Å². The van der Waals surface area contributed by atoms with E-state index in [0.29, 0.717) is 17.2 Å². The molecule has 0 saturated carbocycles. The Bertz CT molecular complexity index is 3790. The van der Waals surface area contributed by atoms with Crippen LogP contribution in [0.25, 0.3) is 101 Å². The van der Waals surface area contributed by atoms with Crippen LogP contribution in [0.5, 0.6) is 0 Å². The summed E-state index contributed by atoms with van der Waals surface area (Å²) in [5.41, 5.74) is 17.6. The minimum absolute atomic E-state index is 0.569. The molecule has 5 heteroatoms. The number of rotatable bonds is 8. The lowest BCUT2D eigenvalue weighted by molar-refractivity contribution is 0.667. The van der Waals surface area contributed by atoms with Crippen LogP contribution in [-0.2, 0) is 5.41 Å². The highest BCUT2D eigenvalue weighted by Gasteiger charge is 2.46. The van der Waals surface area contributed by atoms with Gasteiger partial charge in [-0.3, -0.25) is 0 Å². The summed E-state index contributed by atoms with van der Waals surface area (Å²) in [5, 5.41) is 0.926. The van der Waals surface area contributed by atoms with Crippen molar-refractivity contribution >= 4 is 22.1 Å². The highest BCUT2D eigenvalue weighted by Crippen LogP contribution is 2.58. The fourth-order valence-electron chi connectivity index (χ4n) is 10.3. The molecule has 0 unspecified atom stereocenters. The summed E-state index contributed by atoms with van der Waals surface area (Å²) in [7, 11) is 0. The minimum atomic E-state index is -0.666. The van der Waals surface area contributed by atoms with Gasteiger partial charge >= 0.3 is 0 Å². The maximum Gasteiger partial charge on any atom is 0.180 e. The zero-order valence-corrected chi connectivity index (χ0v) is 36.8. The van der Waals surface area contributed by atoms with Crippen LogP contribution >= 0.6 is 0 Å². The molecule has 1 aliphatic carbocycles. The second-order valence-corrected chi connectivity index (χ2v) is 17.3. The van der Waals surface area contributed by atoms with E-state index in [2.05, 4.69) is 194 Å². The van der Waals surface area contributed by atoms with Crippen molar-refractivity contribution in [2.75, 3.05) is 0 Å². The predicted octanol–water partition coefficient (Wildman–Crippen LogP) is 15.5. The highest BCUT2D eigenvalue weighted by atomic mass is 16.3. The molecule has 318 valence electrons. The number of benzene rings is 9. The summed E-state index contributed by atoms with van der Waals surface area (Å²) in [6.45, 7) is 0. The topological polar surface area (TPSA) is 64.7 Å². The van der Waals surface area contributed by atoms with Crippen LogP contribution in [0, 0.1) is 0 Å². The molecule has 0 fully saturated rings. The van der Waals surface area contributed by atoms with Gasteiger partial charge < -0.3 is 4.42 Å². The van der Waals surface area contributed by atoms with Crippen LogP contribution in [0.1, 0.15) is 22.3 Å². The van der Waals surface area contributed by atoms with Crippen LogP contribution in [0.4, 0.5) is 0 Å². The van der Waals surface area contributed by atoms with E-state index in [0.717, 1.165) is 83.6 Å². The van der Waals surface area contributed by atoms with Crippen molar-refractivity contribution in [1.29, 1.82) is 0 Å². The smallest absolute Gasteiger partial charge is 0.180 e. The lowest BCUT2D eigenvalue weighted by atomic mass is 9.67. The van der Waals surface area contributed by atoms with Crippen molar-refractivity contribution < 1.29 is 4.42 Å². The Kier molecular flexibility index (Phi) is 9.32. The first-order valence-electron chi connectivity index (χ1n) is 23.0. The van der Waals surface area contributed by atoms with E-state index in [-0.39, 0.29) is 0 Å². The zero-order valence-electron chi connectivity index (χ0n) is 36.8. The van der Waals surface area contributed by atoms with Crippen molar-refractivity contribution in [2.24, 2.45) is 0 Å². The van der Waals surface area contributed by atoms with Gasteiger partial charge in [-0.25, -0.2) is 19.9 Å². The number of para-hydroxylation sites is 1. The van der Waals surface area contributed by atoms with Gasteiger partial charge in [-0.05, 0) is 80.9 Å². The number of nitrogens with zero attached hydrogens (tertiary/aromatic N) is 4. The Labute approximate surface area is 393 Å². The summed E-state index contributed by atoms with van der Waals surface area (Å²) in [6, 6.07) is 85.1. The Morgan fingerprint density at radius 1 is 0.324 bits per heavy atom. The Hall–Kier alpha value is -9.06. The molecular formula is C63H40N4O. The lowest BCUT2D eigenvalue weighted by Gasteiger charge is -2.34. The van der Waals surface area contributed by atoms with E-state index in [9.17, 15) is 0 Å². The molecule has 0 saturated heterocycles. The zero-order chi connectivity index (χ0) is 45.0. The summed E-state index contributed by atoms with van der Waals surface area (Å²) < 4.78 is 6.63. The normalized spacial score (nSPS) is 12.5. The van der Waals surface area contributed by atoms with Crippen LogP contribution in [-0.4, -0.2) is 19.9 Å². The molecule has 0 atom stereocenters. The molecule has 0 radical (unpaired) electrons. The first-order valence-corrected chi connectivity index (χ1v) is 23.0. The van der Waals surface area contributed by atoms with E-state index in [1.807, 2.05) is 48.5 Å². The van der Waals surface area contributed by atoms with Gasteiger partial charge in [0.25, 0.3) is 0 Å². The second-order valence-electron chi connectivity index (χ2n) is 17.3. The van der Waals surface area contributed by atoms with Gasteiger partial charge in [-0.2, -0.15) is 0 Å². The van der Waals surface area contributed by atoms with Gasteiger partial charge in [0.1, 0.15) is 16.8 Å². The van der Waals surface area contributed by atoms with Crippen molar-refractivity contribution in [3.8, 4) is 78.8 Å². The molecule has 0 spiro atoms. The third-order valence-electron chi connectivity index (χ3n) is 13.4. The first-order chi connectivity index (χ1) is 33.7. The maximum atomic E-state index is 6.63. The quantitative estimate of drug-likeness (QED) is 0.152. The molecule has 1 aliphatic rings. The molecule has 68 heavy (non-hydrogen) atoms. The third kappa shape index (κ3) is 6.39. The molecule has 5 nitrogen and oxygen atoms in total. The molecule has 0 aliphatic heterocycles. The molecule has 12 aromatic rings. The summed E-state index contributed by atoms with van der Waals surface area (Å²) in [6.07, 6.45) is 0. The number of aromatic nitrogens is 4. The maximum absolute atomic E-state index is 6.63. The van der Waals surface area contributed by atoms with Gasteiger partial charge in [0.15, 0.2) is 17.2 Å². The number of hydrogen-bond donors (Lipinski definition) is 0. The Morgan fingerprint density at radius 2 is 0.897 bits per heavy atom. The standard InChI is InChI=1S/C63H40N4O/c1-6-21-41(22-7-1)44-27-20-28-45(37-44)61-64-55(42-23-8-2-9-24-42)40-56(65-61)51-38-50-48-33-16-18-35-53(48)63(46-29-12-4-13-30-46,47-31-14-5-15-32-47)54(50)39-52(51)62-66-58(43-25-10-3-11-26-43)60-59(67-62)49-34-17-19-36-57(49)68-60/h1-40H. The molecule has 3 heterocycles. The average Bonchev–Trinajstić information content (AvgIpc) is 3.95. The average molecular weight is 869 g/mol. The van der Waals surface area contributed by atoms with Crippen LogP contribution in [0.2, 0.25) is 0 Å². The lowest BCUT2D eigenvalue weighted by Crippen LogP contribution is -2.28. The number of hydrogen-bond acceptors (Lipinski definition) is 5. The van der Waals surface area contributed by atoms with Gasteiger partial charge in [-0.15, -0.1) is 0 Å². The Morgan fingerprint density at radius 3 is 1.62 bits per heavy atom. The molecule has 13 rings (SSSR count). The van der Waals surface area contributed by atoms with Gasteiger partial charge in [0, 0.05) is 33.2 Å². The molecule has 3 aromatic heterocycles. The van der Waals surface area contributed by atoms with Crippen molar-refractivity contribution in [1.82, 2.24) is 19.9 Å². The predicted molar refractivity (Wildman–Crippen MR) is 275 cm³/mol. The fourth-order valence-corrected chi connectivity index (χ4v) is 10.3. The van der Waals surface area contributed by atoms with Crippen molar-refractivity contribution in [3.63, 3.8) is 0 Å². The van der Waals surface area contributed by atoms with Crippen LogP contribution < -0.4 is 0 Å². The molecule has 0 bridgehead atoms. The SMILES string of the molecule is c1ccc(-c2cccc(-c3nc(-c4ccccc4)cc(-c4cc5c(cc4-c4nc(-c6ccccc6)c6oc7ccccc7c6n4)C(c4ccccc4)(c4ccccc4)c4ccccc4-5)n3)c2)cc1. The Balaban J connectivity index is 1.16.